The van der Waals surface area contributed by atoms with Crippen molar-refractivity contribution >= 4 is 75.6 Å². The smallest absolute Gasteiger partial charge is 0.269 e. The van der Waals surface area contributed by atoms with Crippen molar-refractivity contribution in [3.8, 4) is 62.7 Å². The van der Waals surface area contributed by atoms with Crippen LogP contribution in [-0.4, -0.2) is 228 Å². The molecule has 24 rings (SSSR count). The molecule has 143 heavy (non-hydrogen) atoms. The molecule has 1 N–H and O–H groups in total. The lowest BCUT2D eigenvalue weighted by molar-refractivity contribution is -0.130. The van der Waals surface area contributed by atoms with Gasteiger partial charge in [-0.25, -0.2) is 4.68 Å². The average molecular weight is 1930 g/mol. The number of nitriles is 3. The van der Waals surface area contributed by atoms with E-state index in [0.29, 0.717) is 101 Å². The Morgan fingerprint density at radius 2 is 0.860 bits per heavy atom. The van der Waals surface area contributed by atoms with Gasteiger partial charge in [0.05, 0.1) is 130 Å². The maximum atomic E-state index is 12.3. The van der Waals surface area contributed by atoms with Crippen molar-refractivity contribution in [1.82, 2.24) is 98.4 Å². The highest BCUT2D eigenvalue weighted by atomic mass is 16.5. The molecule has 0 saturated carbocycles. The van der Waals surface area contributed by atoms with Crippen LogP contribution < -0.4 is 24.9 Å². The van der Waals surface area contributed by atoms with Gasteiger partial charge in [-0.05, 0) is 166 Å². The third-order valence-corrected chi connectivity index (χ3v) is 30.6. The lowest BCUT2D eigenvalue weighted by Crippen LogP contribution is -2.37. The largest absolute Gasteiger partial charge is 0.379 e. The van der Waals surface area contributed by atoms with Gasteiger partial charge in [0.15, 0.2) is 29.5 Å². The molecule has 5 amide bonds. The van der Waals surface area contributed by atoms with Crippen molar-refractivity contribution in [2.75, 3.05) is 125 Å². The molecule has 36 heteroatoms. The molecular weight excluding hydrogens is 1810 g/mol. The van der Waals surface area contributed by atoms with E-state index in [0.717, 1.165) is 256 Å². The minimum absolute atomic E-state index is 0.00796. The molecule has 2 unspecified atom stereocenters. The van der Waals surface area contributed by atoms with Gasteiger partial charge >= 0.3 is 0 Å². The molecule has 4 saturated heterocycles. The highest BCUT2D eigenvalue weighted by Gasteiger charge is 2.42. The number of carbonyl (C=O) groups is 5. The third kappa shape index (κ3) is 18.1. The van der Waals surface area contributed by atoms with Gasteiger partial charge in [0.25, 0.3) is 5.91 Å². The van der Waals surface area contributed by atoms with E-state index in [1.165, 1.54) is 56.3 Å². The molecule has 12 aromatic rings. The molecular formula is C107H121N27O9. The molecule has 36 nitrogen and oxygen atoms in total. The summed E-state index contributed by atoms with van der Waals surface area (Å²) < 4.78 is 36.9. The molecule has 8 aromatic heterocycles. The van der Waals surface area contributed by atoms with Crippen molar-refractivity contribution in [1.29, 1.82) is 15.8 Å². The second-order valence-electron chi connectivity index (χ2n) is 39.8. The van der Waals surface area contributed by atoms with Crippen molar-refractivity contribution in [3.63, 3.8) is 0 Å². The zero-order valence-corrected chi connectivity index (χ0v) is 83.0. The lowest BCUT2D eigenvalue weighted by Gasteiger charge is -2.35. The summed E-state index contributed by atoms with van der Waals surface area (Å²) in [5, 5.41) is 66.5. The predicted octanol–water partition coefficient (Wildman–Crippen LogP) is 13.1. The van der Waals surface area contributed by atoms with E-state index >= 15 is 0 Å². The molecule has 4 atom stereocenters. The molecule has 12 aliphatic rings. The summed E-state index contributed by atoms with van der Waals surface area (Å²) in [6.07, 6.45) is 25.1. The normalized spacial score (nSPS) is 19.3. The summed E-state index contributed by atoms with van der Waals surface area (Å²) in [5.41, 5.74) is 29.4. The fourth-order valence-electron chi connectivity index (χ4n) is 22.8. The number of nitrogens with one attached hydrogen (secondary N) is 1. The predicted molar refractivity (Wildman–Crippen MR) is 535 cm³/mol. The second kappa shape index (κ2) is 39.7. The fourth-order valence-corrected chi connectivity index (χ4v) is 22.8. The second-order valence-corrected chi connectivity index (χ2v) is 39.8. The maximum Gasteiger partial charge on any atom is 0.269 e. The van der Waals surface area contributed by atoms with Crippen LogP contribution in [0.25, 0.3) is 44.5 Å². The lowest BCUT2D eigenvalue weighted by atomic mass is 9.89. The number of hydrogen-bond donors (Lipinski definition) is 1. The van der Waals surface area contributed by atoms with Gasteiger partial charge in [-0.1, -0.05) is 19.1 Å². The van der Waals surface area contributed by atoms with Gasteiger partial charge in [0, 0.05) is 279 Å². The summed E-state index contributed by atoms with van der Waals surface area (Å²) in [7, 11) is 7.32. The third-order valence-electron chi connectivity index (χ3n) is 30.6. The van der Waals surface area contributed by atoms with Gasteiger partial charge in [0.2, 0.25) is 23.6 Å². The number of carbonyl (C=O) groups excluding carboxylic acids is 5. The highest BCUT2D eigenvalue weighted by molar-refractivity contribution is 5.93. The minimum atomic E-state index is -0.251. The standard InChI is InChI=1S/C29H31N7O3.C27H31N7O2.C26H29N7O2.C25H30N6O2/c1-18(37)34-10-7-26-24(16-34)28(33-36(26)22-8-11-39-17-22)35-9-3-4-19-12-23(21(14-30)13-27(19)35)20-5-6-25(32-15-20)29(38)31-2;1-17-8-19-9-23(21-12-29-31(3)14-21)20(11-28)10-26(19)33(13-17)27-24-15-32(18(2)35)6-4-25(24)34(30-27)22-5-7-36-16-22;1-16-22(12-28-30(16)3)21-9-18-5-4-7-32(25(18)10-19(21)11-27)26-23-13-31(17(2)34)8-6-24(23)33(29-26)20-14-35-15-20;1-17(32)29-11-9-23-21(16-29)25(27-31(23)24-6-4-12-33-24)30-10-3-5-19-13-18(7-8-22(19)30)20-14-26-28(2)15-20/h5-6,12-13,15,22H,3-4,7-11,16-17H2,1-2H3,(H,31,38);9-10,12,14,17,22H,4-8,13,15-16H2,1-3H3;9-10,12,20H,4-8,13-15H2,1-3H3;7-8,13-15,24H,3-6,9-12,16H2,1-2H3/t22-;17?,22-;;/m00../s1. The molecule has 4 aromatic carbocycles. The van der Waals surface area contributed by atoms with E-state index in [1.807, 2.05) is 106 Å². The Morgan fingerprint density at radius 3 is 1.29 bits per heavy atom. The van der Waals surface area contributed by atoms with E-state index in [-0.39, 0.29) is 53.9 Å². The Hall–Kier alpha value is -14.6. The van der Waals surface area contributed by atoms with E-state index < -0.39 is 0 Å². The summed E-state index contributed by atoms with van der Waals surface area (Å²) in [5.74, 6) is 4.20. The SMILES string of the molecule is CC(=O)N1CCc2c(c(N3CC(C)Cc4cc(-c5cnn(C)c5)c(C#N)cc43)nn2[C@H]2CCOC2)C1.CC(=O)N1CCc2c(c(N3CCCc4cc(-c5cnn(C)c5)ccc43)nn2C2CCCO2)C1.CC(=O)N1CCc2c(c(N3CCCc4cc(-c5cnn(C)c5C)c(C#N)cc43)nn2C2COC2)C1.CNC(=O)c1ccc(-c2cc3c(cc2C#N)N(c2nn([C@H]4CCOC4)c4c2CN(C(C)=O)CC4)CCC3)cn1. The van der Waals surface area contributed by atoms with Crippen LogP contribution in [0.3, 0.4) is 0 Å². The van der Waals surface area contributed by atoms with Gasteiger partial charge in [0.1, 0.15) is 5.69 Å². The molecule has 0 bridgehead atoms. The first-order valence-corrected chi connectivity index (χ1v) is 50.3. The van der Waals surface area contributed by atoms with E-state index in [2.05, 4.69) is 132 Å². The number of nitrogens with zero attached hydrogens (tertiary/aromatic N) is 26. The monoisotopic (exact) mass is 1930 g/mol. The van der Waals surface area contributed by atoms with Crippen molar-refractivity contribution in [3.05, 3.63) is 199 Å². The van der Waals surface area contributed by atoms with Crippen molar-refractivity contribution in [2.45, 2.75) is 188 Å². The first-order valence-electron chi connectivity index (χ1n) is 50.3. The number of anilines is 8. The van der Waals surface area contributed by atoms with Crippen LogP contribution in [0, 0.1) is 46.8 Å². The topological polar surface area (TPSA) is 369 Å². The van der Waals surface area contributed by atoms with Crippen LogP contribution in [0.15, 0.2) is 104 Å². The fraction of sp³-hybridized carbons (Fsp3) is 0.458. The number of rotatable bonds is 13. The van der Waals surface area contributed by atoms with Crippen LogP contribution in [-0.2, 0) is 137 Å². The Balaban J connectivity index is 0.000000113. The Bertz CT molecular complexity index is 7100. The van der Waals surface area contributed by atoms with E-state index in [1.54, 1.807) is 51.7 Å². The first-order chi connectivity index (χ1) is 69.4. The number of aromatic nitrogens is 15. The van der Waals surface area contributed by atoms with Crippen molar-refractivity contribution in [2.24, 2.45) is 27.1 Å². The van der Waals surface area contributed by atoms with Gasteiger partial charge in [-0.15, -0.1) is 0 Å². The van der Waals surface area contributed by atoms with Crippen LogP contribution >= 0.6 is 0 Å². The summed E-state index contributed by atoms with van der Waals surface area (Å²) in [6, 6.07) is 30.4. The number of hydrogen-bond acceptors (Lipinski definition) is 24. The van der Waals surface area contributed by atoms with Crippen molar-refractivity contribution < 1.29 is 42.9 Å². The zero-order chi connectivity index (χ0) is 98.9. The minimum Gasteiger partial charge on any atom is -0.379 e. The summed E-state index contributed by atoms with van der Waals surface area (Å²) >= 11 is 0. The first kappa shape index (κ1) is 94.6. The number of benzene rings is 4. The van der Waals surface area contributed by atoms with E-state index in [9.17, 15) is 39.8 Å². The number of aryl methyl sites for hydroxylation is 6. The Kier molecular flexibility index (Phi) is 26.3. The number of amides is 5. The number of fused-ring (bicyclic) bond motifs is 8. The van der Waals surface area contributed by atoms with Crippen LogP contribution in [0.1, 0.15) is 204 Å². The quantitative estimate of drug-likeness (QED) is 0.112. The Morgan fingerprint density at radius 1 is 0.420 bits per heavy atom. The molecule has 0 spiro atoms. The van der Waals surface area contributed by atoms with Crippen LogP contribution in [0.4, 0.5) is 46.0 Å². The van der Waals surface area contributed by atoms with Gasteiger partial charge in [-0.2, -0.15) is 51.5 Å². The maximum absolute atomic E-state index is 12.3. The van der Waals surface area contributed by atoms with Gasteiger partial charge < -0.3 is 63.5 Å². The van der Waals surface area contributed by atoms with Gasteiger partial charge in [-0.3, -0.25) is 57.0 Å². The summed E-state index contributed by atoms with van der Waals surface area (Å²) in [6.45, 7) is 24.2. The molecule has 0 radical (unpaired) electrons. The molecule has 4 fully saturated rings. The molecule has 0 aliphatic carbocycles. The zero-order valence-electron chi connectivity index (χ0n) is 83.0. The average Bonchev–Trinajstić information content (AvgIpc) is 1.63. The van der Waals surface area contributed by atoms with Crippen LogP contribution in [0.5, 0.6) is 0 Å². The van der Waals surface area contributed by atoms with E-state index in [4.69, 9.17) is 39.3 Å². The Labute approximate surface area is 830 Å². The summed E-state index contributed by atoms with van der Waals surface area (Å²) in [4.78, 5) is 82.0. The molecule has 738 valence electrons. The number of ether oxygens (including phenoxy) is 4. The van der Waals surface area contributed by atoms with Crippen LogP contribution in [0.2, 0.25) is 0 Å². The molecule has 12 aliphatic heterocycles. The number of pyridine rings is 1. The highest BCUT2D eigenvalue weighted by Crippen LogP contribution is 2.49. The molecule has 20 heterocycles.